The molecule has 1 aromatic heterocycles. The fourth-order valence-corrected chi connectivity index (χ4v) is 1.64. The maximum Gasteiger partial charge on any atom is 0.342 e. The van der Waals surface area contributed by atoms with Crippen molar-refractivity contribution in [1.82, 2.24) is 10.6 Å². The van der Waals surface area contributed by atoms with E-state index in [-0.39, 0.29) is 17.9 Å². The van der Waals surface area contributed by atoms with Gasteiger partial charge in [-0.1, -0.05) is 12.1 Å². The monoisotopic (exact) mass is 318 g/mol. The number of carbonyl (C=O) groups excluding carboxylic acids is 3. The van der Waals surface area contributed by atoms with E-state index in [1.165, 1.54) is 18.4 Å². The third-order valence-electron chi connectivity index (χ3n) is 2.71. The first kappa shape index (κ1) is 16.1. The highest BCUT2D eigenvalue weighted by Gasteiger charge is 2.15. The molecule has 3 amide bonds. The number of amides is 3. The van der Waals surface area contributed by atoms with Crippen LogP contribution in [0.2, 0.25) is 0 Å². The third-order valence-corrected chi connectivity index (χ3v) is 2.71. The first-order chi connectivity index (χ1) is 11.1. The minimum absolute atomic E-state index is 0.0671. The van der Waals surface area contributed by atoms with Crippen LogP contribution in [0.1, 0.15) is 16.1 Å². The fraction of sp³-hybridized carbons (Fsp3) is 0.133. The van der Waals surface area contributed by atoms with E-state index in [1.54, 1.807) is 24.3 Å². The van der Waals surface area contributed by atoms with Crippen molar-refractivity contribution in [1.29, 1.82) is 0 Å². The lowest BCUT2D eigenvalue weighted by Gasteiger charge is -2.07. The molecule has 0 radical (unpaired) electrons. The molecule has 1 aromatic carbocycles. The van der Waals surface area contributed by atoms with E-state index in [1.807, 2.05) is 5.32 Å². The number of rotatable bonds is 5. The van der Waals surface area contributed by atoms with Crippen molar-refractivity contribution in [3.63, 3.8) is 0 Å². The summed E-state index contributed by atoms with van der Waals surface area (Å²) < 4.78 is 9.72. The van der Waals surface area contributed by atoms with Gasteiger partial charge in [0.15, 0.2) is 6.61 Å². The van der Waals surface area contributed by atoms with Gasteiger partial charge in [0.05, 0.1) is 12.8 Å². The summed E-state index contributed by atoms with van der Waals surface area (Å²) in [6.45, 7) is -0.537. The van der Waals surface area contributed by atoms with Crippen molar-refractivity contribution in [2.75, 3.05) is 6.61 Å². The molecule has 0 unspecified atom stereocenters. The summed E-state index contributed by atoms with van der Waals surface area (Å²) in [5, 5.41) is 13.9. The second-order valence-electron chi connectivity index (χ2n) is 4.40. The SMILES string of the molecule is O=C(COC(=O)c1ccccc1O)NC(=O)NCc1ccco1. The van der Waals surface area contributed by atoms with Crippen molar-refractivity contribution >= 4 is 17.9 Å². The minimum Gasteiger partial charge on any atom is -0.507 e. The Bertz CT molecular complexity index is 696. The fourth-order valence-electron chi connectivity index (χ4n) is 1.64. The second kappa shape index (κ2) is 7.64. The lowest BCUT2D eigenvalue weighted by molar-refractivity contribution is -0.123. The van der Waals surface area contributed by atoms with Gasteiger partial charge in [-0.2, -0.15) is 0 Å². The summed E-state index contributed by atoms with van der Waals surface area (Å²) in [6, 6.07) is 8.34. The normalized spacial score (nSPS) is 9.91. The van der Waals surface area contributed by atoms with E-state index in [4.69, 9.17) is 9.15 Å². The number of urea groups is 1. The number of hydrogen-bond donors (Lipinski definition) is 3. The Balaban J connectivity index is 1.73. The smallest absolute Gasteiger partial charge is 0.342 e. The summed E-state index contributed by atoms with van der Waals surface area (Å²) in [5.41, 5.74) is -0.0671. The molecule has 0 aliphatic carbocycles. The van der Waals surface area contributed by atoms with E-state index in [2.05, 4.69) is 5.32 Å². The number of carbonyl (C=O) groups is 3. The van der Waals surface area contributed by atoms with Gasteiger partial charge < -0.3 is 19.6 Å². The Morgan fingerprint density at radius 3 is 2.61 bits per heavy atom. The van der Waals surface area contributed by atoms with Crippen molar-refractivity contribution < 1.29 is 28.6 Å². The molecule has 23 heavy (non-hydrogen) atoms. The summed E-state index contributed by atoms with van der Waals surface area (Å²) in [6.07, 6.45) is 1.46. The highest BCUT2D eigenvalue weighted by molar-refractivity contribution is 5.97. The van der Waals surface area contributed by atoms with Crippen LogP contribution in [-0.2, 0) is 16.1 Å². The average molecular weight is 318 g/mol. The standard InChI is InChI=1S/C15H14N2O6/c18-12-6-2-1-5-11(12)14(20)23-9-13(19)17-15(21)16-8-10-4-3-7-22-10/h1-7,18H,8-9H2,(H2,16,17,19,21). The lowest BCUT2D eigenvalue weighted by Crippen LogP contribution is -2.41. The molecule has 0 saturated carbocycles. The van der Waals surface area contributed by atoms with Crippen LogP contribution >= 0.6 is 0 Å². The quantitative estimate of drug-likeness (QED) is 0.712. The molecular weight excluding hydrogens is 304 g/mol. The highest BCUT2D eigenvalue weighted by atomic mass is 16.5. The van der Waals surface area contributed by atoms with Gasteiger partial charge >= 0.3 is 12.0 Å². The maximum atomic E-state index is 11.7. The highest BCUT2D eigenvalue weighted by Crippen LogP contribution is 2.16. The van der Waals surface area contributed by atoms with Crippen LogP contribution < -0.4 is 10.6 Å². The van der Waals surface area contributed by atoms with Crippen molar-refractivity contribution in [2.45, 2.75) is 6.54 Å². The summed E-state index contributed by atoms with van der Waals surface area (Å²) in [4.78, 5) is 34.6. The number of benzene rings is 1. The van der Waals surface area contributed by atoms with E-state index in [0.717, 1.165) is 0 Å². The van der Waals surface area contributed by atoms with Gasteiger partial charge in [0.2, 0.25) is 0 Å². The average Bonchev–Trinajstić information content (AvgIpc) is 3.04. The Labute approximate surface area is 131 Å². The van der Waals surface area contributed by atoms with Gasteiger partial charge in [-0.25, -0.2) is 9.59 Å². The molecule has 8 heteroatoms. The summed E-state index contributed by atoms with van der Waals surface area (Å²) in [5.74, 6) is -1.40. The van der Waals surface area contributed by atoms with E-state index < -0.39 is 24.5 Å². The summed E-state index contributed by atoms with van der Waals surface area (Å²) in [7, 11) is 0. The number of hydrogen-bond acceptors (Lipinski definition) is 6. The van der Waals surface area contributed by atoms with Gasteiger partial charge in [-0.05, 0) is 24.3 Å². The van der Waals surface area contributed by atoms with E-state index >= 15 is 0 Å². The largest absolute Gasteiger partial charge is 0.507 e. The number of para-hydroxylation sites is 1. The first-order valence-electron chi connectivity index (χ1n) is 6.61. The van der Waals surface area contributed by atoms with Crippen LogP contribution in [0.15, 0.2) is 47.1 Å². The molecule has 2 aromatic rings. The molecule has 0 aliphatic rings. The Kier molecular flexibility index (Phi) is 5.35. The molecule has 0 atom stereocenters. The molecule has 3 N–H and O–H groups in total. The number of aromatic hydroxyl groups is 1. The van der Waals surface area contributed by atoms with Crippen molar-refractivity contribution in [3.8, 4) is 5.75 Å². The van der Waals surface area contributed by atoms with Crippen molar-refractivity contribution in [2.24, 2.45) is 0 Å². The molecule has 0 spiro atoms. The van der Waals surface area contributed by atoms with Gasteiger partial charge in [0.25, 0.3) is 5.91 Å². The van der Waals surface area contributed by atoms with E-state index in [9.17, 15) is 19.5 Å². The predicted octanol–water partition coefficient (Wildman–Crippen LogP) is 1.17. The second-order valence-corrected chi connectivity index (χ2v) is 4.40. The molecule has 0 aliphatic heterocycles. The van der Waals surface area contributed by atoms with Gasteiger partial charge in [-0.15, -0.1) is 0 Å². The molecular formula is C15H14N2O6. The van der Waals surface area contributed by atoms with Gasteiger partial charge in [-0.3, -0.25) is 10.1 Å². The number of nitrogens with one attached hydrogen (secondary N) is 2. The number of imide groups is 1. The zero-order valence-electron chi connectivity index (χ0n) is 11.9. The number of phenolic OH excluding ortho intramolecular Hbond substituents is 1. The van der Waals surface area contributed by atoms with Crippen LogP contribution in [0, 0.1) is 0 Å². The topological polar surface area (TPSA) is 118 Å². The molecule has 0 saturated heterocycles. The van der Waals surface area contributed by atoms with Gasteiger partial charge in [0.1, 0.15) is 17.1 Å². The predicted molar refractivity (Wildman–Crippen MR) is 77.5 cm³/mol. The Morgan fingerprint density at radius 1 is 1.13 bits per heavy atom. The molecule has 8 nitrogen and oxygen atoms in total. The minimum atomic E-state index is -0.866. The van der Waals surface area contributed by atoms with Crippen LogP contribution in [-0.4, -0.2) is 29.6 Å². The lowest BCUT2D eigenvalue weighted by atomic mass is 10.2. The molecule has 120 valence electrons. The molecule has 0 bridgehead atoms. The molecule has 2 rings (SSSR count). The Morgan fingerprint density at radius 2 is 1.91 bits per heavy atom. The molecule has 1 heterocycles. The first-order valence-corrected chi connectivity index (χ1v) is 6.61. The maximum absolute atomic E-state index is 11.7. The van der Waals surface area contributed by atoms with Crippen LogP contribution in [0.3, 0.4) is 0 Å². The summed E-state index contributed by atoms with van der Waals surface area (Å²) >= 11 is 0. The third kappa shape index (κ3) is 4.88. The van der Waals surface area contributed by atoms with Crippen LogP contribution in [0.25, 0.3) is 0 Å². The number of ether oxygens (including phenoxy) is 1. The van der Waals surface area contributed by atoms with Crippen LogP contribution in [0.4, 0.5) is 4.79 Å². The Hall–Kier alpha value is -3.29. The number of furan rings is 1. The van der Waals surface area contributed by atoms with Crippen LogP contribution in [0.5, 0.6) is 5.75 Å². The van der Waals surface area contributed by atoms with Crippen molar-refractivity contribution in [3.05, 3.63) is 54.0 Å². The number of esters is 1. The number of phenols is 1. The zero-order valence-corrected chi connectivity index (χ0v) is 11.9. The molecule has 0 fully saturated rings. The zero-order chi connectivity index (χ0) is 16.7. The van der Waals surface area contributed by atoms with Gasteiger partial charge in [0, 0.05) is 0 Å². The van der Waals surface area contributed by atoms with E-state index in [0.29, 0.717) is 5.76 Å².